The smallest absolute Gasteiger partial charge is 0.228 e. The van der Waals surface area contributed by atoms with Crippen LogP contribution in [0.25, 0.3) is 0 Å². The van der Waals surface area contributed by atoms with Gasteiger partial charge in [0.05, 0.1) is 6.42 Å². The molecule has 0 atom stereocenters. The van der Waals surface area contributed by atoms with E-state index >= 15 is 0 Å². The molecule has 1 amide bonds. The van der Waals surface area contributed by atoms with Gasteiger partial charge in [0.1, 0.15) is 13.2 Å². The van der Waals surface area contributed by atoms with Crippen LogP contribution in [0.1, 0.15) is 5.56 Å². The first-order valence-electron chi connectivity index (χ1n) is 6.74. The molecular formula is C16H13Cl2NO3. The number of anilines is 1. The zero-order valence-corrected chi connectivity index (χ0v) is 13.1. The maximum atomic E-state index is 12.1. The summed E-state index contributed by atoms with van der Waals surface area (Å²) in [5, 5.41) is 3.72. The first-order valence-corrected chi connectivity index (χ1v) is 7.50. The Balaban J connectivity index is 1.69. The van der Waals surface area contributed by atoms with Crippen LogP contribution in [0.15, 0.2) is 36.4 Å². The number of benzene rings is 2. The average Bonchev–Trinajstić information content (AvgIpc) is 2.45. The Morgan fingerprint density at radius 1 is 1.00 bits per heavy atom. The summed E-state index contributed by atoms with van der Waals surface area (Å²) in [5.74, 6) is 1.22. The van der Waals surface area contributed by atoms with Gasteiger partial charge in [0.15, 0.2) is 11.5 Å². The molecule has 0 fully saturated rings. The monoisotopic (exact) mass is 337 g/mol. The van der Waals surface area contributed by atoms with Gasteiger partial charge in [-0.25, -0.2) is 0 Å². The number of hydrogen-bond acceptors (Lipinski definition) is 3. The fourth-order valence-electron chi connectivity index (χ4n) is 2.21. The van der Waals surface area contributed by atoms with E-state index in [0.29, 0.717) is 40.4 Å². The Bertz CT molecular complexity index is 698. The molecule has 0 unspecified atom stereocenters. The van der Waals surface area contributed by atoms with Gasteiger partial charge in [-0.05, 0) is 35.9 Å². The van der Waals surface area contributed by atoms with Crippen LogP contribution in [0.3, 0.4) is 0 Å². The van der Waals surface area contributed by atoms with Crippen LogP contribution >= 0.6 is 23.2 Å². The molecular weight excluding hydrogens is 325 g/mol. The zero-order valence-electron chi connectivity index (χ0n) is 11.6. The van der Waals surface area contributed by atoms with E-state index in [-0.39, 0.29) is 12.3 Å². The van der Waals surface area contributed by atoms with Crippen LogP contribution in [-0.4, -0.2) is 19.1 Å². The van der Waals surface area contributed by atoms with Gasteiger partial charge in [0.25, 0.3) is 0 Å². The van der Waals surface area contributed by atoms with Crippen molar-refractivity contribution in [1.29, 1.82) is 0 Å². The Morgan fingerprint density at radius 3 is 2.41 bits per heavy atom. The van der Waals surface area contributed by atoms with Gasteiger partial charge in [-0.15, -0.1) is 0 Å². The predicted molar refractivity (Wildman–Crippen MR) is 86.2 cm³/mol. The highest BCUT2D eigenvalue weighted by Crippen LogP contribution is 2.31. The lowest BCUT2D eigenvalue weighted by molar-refractivity contribution is -0.115. The molecule has 6 heteroatoms. The zero-order chi connectivity index (χ0) is 15.5. The van der Waals surface area contributed by atoms with Crippen molar-refractivity contribution in [3.8, 4) is 11.5 Å². The first-order chi connectivity index (χ1) is 10.6. The van der Waals surface area contributed by atoms with Gasteiger partial charge >= 0.3 is 0 Å². The summed E-state index contributed by atoms with van der Waals surface area (Å²) in [6.07, 6.45) is 0.223. The van der Waals surface area contributed by atoms with Crippen molar-refractivity contribution in [3.05, 3.63) is 52.0 Å². The second kappa shape index (κ2) is 6.46. The van der Waals surface area contributed by atoms with Crippen LogP contribution in [0.4, 0.5) is 5.69 Å². The molecule has 22 heavy (non-hydrogen) atoms. The normalized spacial score (nSPS) is 12.8. The third kappa shape index (κ3) is 3.64. The molecule has 1 aliphatic rings. The van der Waals surface area contributed by atoms with Gasteiger partial charge in [-0.2, -0.15) is 0 Å². The van der Waals surface area contributed by atoms with Crippen LogP contribution < -0.4 is 14.8 Å². The molecule has 0 radical (unpaired) electrons. The molecule has 2 aromatic carbocycles. The highest BCUT2D eigenvalue weighted by molar-refractivity contribution is 6.35. The second-order valence-corrected chi connectivity index (χ2v) is 5.73. The molecule has 4 nitrogen and oxygen atoms in total. The van der Waals surface area contributed by atoms with E-state index in [1.54, 1.807) is 18.2 Å². The second-order valence-electron chi connectivity index (χ2n) is 4.86. The Labute approximate surface area is 137 Å². The molecule has 0 bridgehead atoms. The van der Waals surface area contributed by atoms with Gasteiger partial charge in [-0.3, -0.25) is 4.79 Å². The molecule has 114 valence electrons. The molecule has 0 aliphatic carbocycles. The third-order valence-corrected chi connectivity index (χ3v) is 3.55. The Hall–Kier alpha value is -1.91. The topological polar surface area (TPSA) is 47.6 Å². The van der Waals surface area contributed by atoms with Gasteiger partial charge in [0.2, 0.25) is 5.91 Å². The third-order valence-electron chi connectivity index (χ3n) is 3.12. The minimum atomic E-state index is -0.157. The molecule has 1 N–H and O–H groups in total. The van der Waals surface area contributed by atoms with Gasteiger partial charge in [-0.1, -0.05) is 29.3 Å². The van der Waals surface area contributed by atoms with Crippen molar-refractivity contribution in [2.75, 3.05) is 18.5 Å². The summed E-state index contributed by atoms with van der Waals surface area (Å²) in [4.78, 5) is 12.1. The van der Waals surface area contributed by atoms with E-state index in [4.69, 9.17) is 32.7 Å². The van der Waals surface area contributed by atoms with Crippen molar-refractivity contribution in [3.63, 3.8) is 0 Å². The number of carbonyl (C=O) groups excluding carboxylic acids is 1. The van der Waals surface area contributed by atoms with Crippen molar-refractivity contribution in [2.45, 2.75) is 6.42 Å². The Kier molecular flexibility index (Phi) is 4.41. The quantitative estimate of drug-likeness (QED) is 0.922. The van der Waals surface area contributed by atoms with Crippen LogP contribution in [0.5, 0.6) is 11.5 Å². The SMILES string of the molecule is O=C(Cc1ccc2c(c1)OCCO2)Nc1cc(Cl)cc(Cl)c1. The lowest BCUT2D eigenvalue weighted by Crippen LogP contribution is -2.17. The summed E-state index contributed by atoms with van der Waals surface area (Å²) >= 11 is 11.8. The molecule has 3 rings (SSSR count). The summed E-state index contributed by atoms with van der Waals surface area (Å²) < 4.78 is 11.0. The van der Waals surface area contributed by atoms with Crippen molar-refractivity contribution < 1.29 is 14.3 Å². The average molecular weight is 338 g/mol. The van der Waals surface area contributed by atoms with E-state index in [1.807, 2.05) is 18.2 Å². The van der Waals surface area contributed by atoms with E-state index in [1.165, 1.54) is 0 Å². The largest absolute Gasteiger partial charge is 0.486 e. The molecule has 1 aliphatic heterocycles. The highest BCUT2D eigenvalue weighted by Gasteiger charge is 2.13. The van der Waals surface area contributed by atoms with E-state index < -0.39 is 0 Å². The first kappa shape index (κ1) is 15.0. The molecule has 0 saturated heterocycles. The molecule has 0 spiro atoms. The van der Waals surface area contributed by atoms with E-state index in [0.717, 1.165) is 5.56 Å². The number of ether oxygens (including phenoxy) is 2. The highest BCUT2D eigenvalue weighted by atomic mass is 35.5. The summed E-state index contributed by atoms with van der Waals surface area (Å²) in [6.45, 7) is 1.06. The van der Waals surface area contributed by atoms with Crippen LogP contribution in [0, 0.1) is 0 Å². The number of rotatable bonds is 3. The standard InChI is InChI=1S/C16H13Cl2NO3/c17-11-7-12(18)9-13(8-11)19-16(20)6-10-1-2-14-15(5-10)22-4-3-21-14/h1-2,5,7-9H,3-4,6H2,(H,19,20). The Morgan fingerprint density at radius 2 is 1.68 bits per heavy atom. The van der Waals surface area contributed by atoms with E-state index in [9.17, 15) is 4.79 Å². The summed E-state index contributed by atoms with van der Waals surface area (Å²) in [6, 6.07) is 10.4. The molecule has 1 heterocycles. The maximum absolute atomic E-state index is 12.1. The number of carbonyl (C=O) groups is 1. The van der Waals surface area contributed by atoms with Gasteiger partial charge in [0, 0.05) is 15.7 Å². The van der Waals surface area contributed by atoms with Crippen molar-refractivity contribution in [2.24, 2.45) is 0 Å². The number of hydrogen-bond donors (Lipinski definition) is 1. The fourth-order valence-corrected chi connectivity index (χ4v) is 2.74. The van der Waals surface area contributed by atoms with E-state index in [2.05, 4.69) is 5.32 Å². The van der Waals surface area contributed by atoms with Crippen LogP contribution in [-0.2, 0) is 11.2 Å². The summed E-state index contributed by atoms with van der Waals surface area (Å²) in [7, 11) is 0. The molecule has 0 aromatic heterocycles. The van der Waals surface area contributed by atoms with Crippen LogP contribution in [0.2, 0.25) is 10.0 Å². The molecule has 2 aromatic rings. The summed E-state index contributed by atoms with van der Waals surface area (Å²) in [5.41, 5.74) is 1.41. The number of nitrogens with one attached hydrogen (secondary N) is 1. The maximum Gasteiger partial charge on any atom is 0.228 e. The minimum Gasteiger partial charge on any atom is -0.486 e. The number of halogens is 2. The molecule has 0 saturated carbocycles. The van der Waals surface area contributed by atoms with Gasteiger partial charge < -0.3 is 14.8 Å². The minimum absolute atomic E-state index is 0.157. The predicted octanol–water partition coefficient (Wildman–Crippen LogP) is 3.95. The lowest BCUT2D eigenvalue weighted by atomic mass is 10.1. The fraction of sp³-hybridized carbons (Fsp3) is 0.188. The number of amides is 1. The lowest BCUT2D eigenvalue weighted by Gasteiger charge is -2.18. The van der Waals surface area contributed by atoms with Crippen molar-refractivity contribution >= 4 is 34.8 Å². The van der Waals surface area contributed by atoms with Crippen molar-refractivity contribution in [1.82, 2.24) is 0 Å². The number of fused-ring (bicyclic) bond motifs is 1.